The van der Waals surface area contributed by atoms with Crippen molar-refractivity contribution in [3.63, 3.8) is 0 Å². The van der Waals surface area contributed by atoms with Crippen LogP contribution in [0.25, 0.3) is 11.4 Å². The number of rotatable bonds is 3. The van der Waals surface area contributed by atoms with E-state index in [9.17, 15) is 5.11 Å². The molecular weight excluding hydrogens is 310 g/mol. The van der Waals surface area contributed by atoms with Gasteiger partial charge in [-0.25, -0.2) is 9.97 Å². The Morgan fingerprint density at radius 2 is 1.60 bits per heavy atom. The summed E-state index contributed by atoms with van der Waals surface area (Å²) in [5.41, 5.74) is 2.36. The molecule has 0 unspecified atom stereocenters. The molecule has 1 aliphatic rings. The smallest absolute Gasteiger partial charge is 0.161 e. The van der Waals surface area contributed by atoms with E-state index in [1.165, 1.54) is 5.56 Å². The van der Waals surface area contributed by atoms with E-state index in [4.69, 9.17) is 4.98 Å². The number of aromatic hydroxyl groups is 1. The third kappa shape index (κ3) is 3.48. The van der Waals surface area contributed by atoms with Crippen molar-refractivity contribution in [2.75, 3.05) is 18.0 Å². The highest BCUT2D eigenvalue weighted by atomic mass is 16.3. The van der Waals surface area contributed by atoms with E-state index in [2.05, 4.69) is 9.88 Å². The molecule has 0 saturated carbocycles. The first-order chi connectivity index (χ1) is 12.3. The molecule has 0 atom stereocenters. The molecule has 4 nitrogen and oxygen atoms in total. The monoisotopic (exact) mass is 331 g/mol. The van der Waals surface area contributed by atoms with Gasteiger partial charge in [0.25, 0.3) is 0 Å². The van der Waals surface area contributed by atoms with E-state index in [1.54, 1.807) is 12.1 Å². The number of piperidine rings is 1. The third-order valence-corrected chi connectivity index (χ3v) is 4.86. The minimum atomic E-state index is 0.329. The topological polar surface area (TPSA) is 49.2 Å². The summed E-state index contributed by atoms with van der Waals surface area (Å²) in [4.78, 5) is 11.5. The molecule has 4 heteroatoms. The normalized spacial score (nSPS) is 15.3. The first-order valence-electron chi connectivity index (χ1n) is 8.72. The summed E-state index contributed by atoms with van der Waals surface area (Å²) in [6, 6.07) is 19.7. The second kappa shape index (κ2) is 6.93. The fourth-order valence-electron chi connectivity index (χ4n) is 3.44. The summed E-state index contributed by atoms with van der Waals surface area (Å²) < 4.78 is 0. The van der Waals surface area contributed by atoms with Gasteiger partial charge in [0.2, 0.25) is 0 Å². The van der Waals surface area contributed by atoms with Gasteiger partial charge in [0.05, 0.1) is 0 Å². The van der Waals surface area contributed by atoms with E-state index < -0.39 is 0 Å². The highest BCUT2D eigenvalue weighted by Crippen LogP contribution is 2.31. The van der Waals surface area contributed by atoms with Crippen LogP contribution >= 0.6 is 0 Å². The van der Waals surface area contributed by atoms with Crippen LogP contribution in [0.15, 0.2) is 66.9 Å². The van der Waals surface area contributed by atoms with Crippen molar-refractivity contribution in [3.8, 4) is 17.1 Å². The van der Waals surface area contributed by atoms with Crippen molar-refractivity contribution in [1.82, 2.24) is 9.97 Å². The molecule has 0 aliphatic carbocycles. The maximum atomic E-state index is 9.44. The van der Waals surface area contributed by atoms with E-state index in [1.807, 2.05) is 54.7 Å². The molecule has 2 heterocycles. The lowest BCUT2D eigenvalue weighted by molar-refractivity contribution is 0.472. The Balaban J connectivity index is 1.47. The van der Waals surface area contributed by atoms with E-state index in [-0.39, 0.29) is 0 Å². The van der Waals surface area contributed by atoms with Crippen molar-refractivity contribution in [2.24, 2.45) is 0 Å². The Morgan fingerprint density at radius 1 is 0.880 bits per heavy atom. The lowest BCUT2D eigenvalue weighted by Gasteiger charge is -2.33. The molecule has 4 rings (SSSR count). The summed E-state index contributed by atoms with van der Waals surface area (Å²) in [5.74, 6) is 2.65. The predicted octanol–water partition coefficient (Wildman–Crippen LogP) is 4.23. The highest BCUT2D eigenvalue weighted by Gasteiger charge is 2.21. The molecule has 1 aliphatic heterocycles. The summed E-state index contributed by atoms with van der Waals surface area (Å²) >= 11 is 0. The zero-order valence-electron chi connectivity index (χ0n) is 14.0. The van der Waals surface area contributed by atoms with Crippen LogP contribution < -0.4 is 4.90 Å². The largest absolute Gasteiger partial charge is 0.508 e. The van der Waals surface area contributed by atoms with Gasteiger partial charge in [-0.3, -0.25) is 0 Å². The van der Waals surface area contributed by atoms with Gasteiger partial charge in [-0.15, -0.1) is 0 Å². The molecular formula is C21H21N3O. The molecule has 1 saturated heterocycles. The highest BCUT2D eigenvalue weighted by molar-refractivity contribution is 5.57. The van der Waals surface area contributed by atoms with Gasteiger partial charge < -0.3 is 10.0 Å². The SMILES string of the molecule is Oc1ccc(C2CCN(c3ccnc(-c4ccccc4)n3)CC2)cc1. The van der Waals surface area contributed by atoms with Crippen LogP contribution in [0.5, 0.6) is 5.75 Å². The third-order valence-electron chi connectivity index (χ3n) is 4.86. The van der Waals surface area contributed by atoms with Gasteiger partial charge >= 0.3 is 0 Å². The maximum absolute atomic E-state index is 9.44. The molecule has 126 valence electrons. The number of hydrogen-bond acceptors (Lipinski definition) is 4. The Bertz CT molecular complexity index is 825. The molecule has 1 fully saturated rings. The average molecular weight is 331 g/mol. The Labute approximate surface area is 147 Å². The summed E-state index contributed by atoms with van der Waals surface area (Å²) in [5, 5.41) is 9.44. The zero-order chi connectivity index (χ0) is 17.1. The fraction of sp³-hybridized carbons (Fsp3) is 0.238. The minimum absolute atomic E-state index is 0.329. The molecule has 1 aromatic heterocycles. The van der Waals surface area contributed by atoms with Crippen LogP contribution in [0, 0.1) is 0 Å². The van der Waals surface area contributed by atoms with Crippen LogP contribution in [-0.2, 0) is 0 Å². The average Bonchev–Trinajstić information content (AvgIpc) is 2.70. The first-order valence-corrected chi connectivity index (χ1v) is 8.72. The van der Waals surface area contributed by atoms with Crippen LogP contribution in [0.3, 0.4) is 0 Å². The fourth-order valence-corrected chi connectivity index (χ4v) is 3.44. The number of benzene rings is 2. The predicted molar refractivity (Wildman–Crippen MR) is 99.8 cm³/mol. The number of phenolic OH excluding ortho intramolecular Hbond substituents is 1. The molecule has 1 N–H and O–H groups in total. The summed E-state index contributed by atoms with van der Waals surface area (Å²) in [6.45, 7) is 1.97. The van der Waals surface area contributed by atoms with Crippen molar-refractivity contribution in [3.05, 3.63) is 72.4 Å². The second-order valence-corrected chi connectivity index (χ2v) is 6.46. The summed E-state index contributed by atoms with van der Waals surface area (Å²) in [7, 11) is 0. The van der Waals surface area contributed by atoms with Gasteiger partial charge in [0, 0.05) is 24.8 Å². The van der Waals surface area contributed by atoms with Crippen LogP contribution in [0.4, 0.5) is 5.82 Å². The van der Waals surface area contributed by atoms with Gasteiger partial charge in [-0.05, 0) is 42.5 Å². The standard InChI is InChI=1S/C21H21N3O/c25-19-8-6-16(7-9-19)17-11-14-24(15-12-17)20-10-13-22-21(23-20)18-4-2-1-3-5-18/h1-10,13,17,25H,11-12,14-15H2. The molecule has 0 spiro atoms. The van der Waals surface area contributed by atoms with Gasteiger partial charge in [-0.2, -0.15) is 0 Å². The number of phenols is 1. The molecule has 0 amide bonds. The van der Waals surface area contributed by atoms with Crippen molar-refractivity contribution in [2.45, 2.75) is 18.8 Å². The lowest BCUT2D eigenvalue weighted by Crippen LogP contribution is -2.33. The van der Waals surface area contributed by atoms with Gasteiger partial charge in [-0.1, -0.05) is 42.5 Å². The Kier molecular flexibility index (Phi) is 4.34. The molecule has 0 bridgehead atoms. The van der Waals surface area contributed by atoms with Crippen molar-refractivity contribution in [1.29, 1.82) is 0 Å². The second-order valence-electron chi connectivity index (χ2n) is 6.46. The number of hydrogen-bond donors (Lipinski definition) is 1. The van der Waals surface area contributed by atoms with E-state index >= 15 is 0 Å². The van der Waals surface area contributed by atoms with Gasteiger partial charge in [0.15, 0.2) is 5.82 Å². The van der Waals surface area contributed by atoms with E-state index in [0.29, 0.717) is 11.7 Å². The maximum Gasteiger partial charge on any atom is 0.161 e. The van der Waals surface area contributed by atoms with Crippen molar-refractivity contribution >= 4 is 5.82 Å². The van der Waals surface area contributed by atoms with Crippen LogP contribution in [0.2, 0.25) is 0 Å². The quantitative estimate of drug-likeness (QED) is 0.780. The molecule has 25 heavy (non-hydrogen) atoms. The number of anilines is 1. The molecule has 3 aromatic rings. The lowest BCUT2D eigenvalue weighted by atomic mass is 9.89. The number of nitrogens with zero attached hydrogens (tertiary/aromatic N) is 3. The van der Waals surface area contributed by atoms with Crippen LogP contribution in [-0.4, -0.2) is 28.2 Å². The molecule has 0 radical (unpaired) electrons. The Hall–Kier alpha value is -2.88. The van der Waals surface area contributed by atoms with Gasteiger partial charge in [0.1, 0.15) is 11.6 Å². The first kappa shape index (κ1) is 15.6. The van der Waals surface area contributed by atoms with Crippen molar-refractivity contribution < 1.29 is 5.11 Å². The summed E-state index contributed by atoms with van der Waals surface area (Å²) in [6.07, 6.45) is 4.03. The number of aromatic nitrogens is 2. The van der Waals surface area contributed by atoms with E-state index in [0.717, 1.165) is 43.1 Å². The zero-order valence-corrected chi connectivity index (χ0v) is 14.0. The Morgan fingerprint density at radius 3 is 2.32 bits per heavy atom. The minimum Gasteiger partial charge on any atom is -0.508 e. The molecule has 2 aromatic carbocycles. The van der Waals surface area contributed by atoms with Crippen LogP contribution in [0.1, 0.15) is 24.3 Å².